The molecule has 3 atom stereocenters. The summed E-state index contributed by atoms with van der Waals surface area (Å²) in [7, 11) is 0. The first-order valence-corrected chi connectivity index (χ1v) is 8.72. The van der Waals surface area contributed by atoms with Crippen LogP contribution in [0.15, 0.2) is 0 Å². The van der Waals surface area contributed by atoms with Crippen molar-refractivity contribution in [2.24, 2.45) is 5.92 Å². The van der Waals surface area contributed by atoms with Gasteiger partial charge >= 0.3 is 0 Å². The van der Waals surface area contributed by atoms with Crippen molar-refractivity contribution in [1.82, 2.24) is 15.5 Å². The highest BCUT2D eigenvalue weighted by Gasteiger charge is 2.28. The normalized spacial score (nSPS) is 23.0. The second-order valence-electron chi connectivity index (χ2n) is 6.88. The topological polar surface area (TPSA) is 44.4 Å². The third kappa shape index (κ3) is 6.35. The highest BCUT2D eigenvalue weighted by Crippen LogP contribution is 2.19. The van der Waals surface area contributed by atoms with E-state index in [1.165, 1.54) is 19.3 Å². The number of nitrogens with one attached hydrogen (secondary N) is 2. The molecule has 1 rings (SSSR count). The lowest BCUT2D eigenvalue weighted by molar-refractivity contribution is -0.124. The van der Waals surface area contributed by atoms with Gasteiger partial charge in [-0.05, 0) is 52.1 Å². The Balaban J connectivity index is 2.50. The minimum Gasteiger partial charge on any atom is -0.352 e. The third-order valence-corrected chi connectivity index (χ3v) is 4.69. The van der Waals surface area contributed by atoms with Crippen molar-refractivity contribution in [2.75, 3.05) is 19.6 Å². The van der Waals surface area contributed by atoms with Gasteiger partial charge in [-0.25, -0.2) is 0 Å². The fourth-order valence-corrected chi connectivity index (χ4v) is 2.94. The first-order chi connectivity index (χ1) is 9.95. The second kappa shape index (κ2) is 9.42. The summed E-state index contributed by atoms with van der Waals surface area (Å²) in [6, 6.07) is 1.20. The van der Waals surface area contributed by atoms with E-state index in [0.717, 1.165) is 19.5 Å². The van der Waals surface area contributed by atoms with Crippen LogP contribution >= 0.6 is 0 Å². The molecule has 0 aromatic carbocycles. The first-order valence-electron chi connectivity index (χ1n) is 8.72. The van der Waals surface area contributed by atoms with E-state index in [0.29, 0.717) is 24.5 Å². The summed E-state index contributed by atoms with van der Waals surface area (Å²) in [6.45, 7) is 13.5. The Morgan fingerprint density at radius 3 is 2.57 bits per heavy atom. The molecule has 0 aromatic rings. The van der Waals surface area contributed by atoms with Gasteiger partial charge in [0.15, 0.2) is 0 Å². The summed E-state index contributed by atoms with van der Waals surface area (Å²) >= 11 is 0. The van der Waals surface area contributed by atoms with Crippen LogP contribution in [0.3, 0.4) is 0 Å². The lowest BCUT2D eigenvalue weighted by atomic mass is 9.96. The monoisotopic (exact) mass is 297 g/mol. The van der Waals surface area contributed by atoms with Crippen LogP contribution in [0.2, 0.25) is 0 Å². The van der Waals surface area contributed by atoms with Gasteiger partial charge in [0.25, 0.3) is 0 Å². The van der Waals surface area contributed by atoms with Gasteiger partial charge in [0.2, 0.25) is 5.91 Å². The number of likely N-dealkylation sites (tertiary alicyclic amines) is 1. The number of carbonyl (C=O) groups is 1. The Kier molecular flexibility index (Phi) is 8.27. The minimum absolute atomic E-state index is 0.172. The summed E-state index contributed by atoms with van der Waals surface area (Å²) in [6.07, 6.45) is 4.85. The van der Waals surface area contributed by atoms with Crippen molar-refractivity contribution in [2.45, 2.75) is 78.4 Å². The molecule has 124 valence electrons. The third-order valence-electron chi connectivity index (χ3n) is 4.69. The van der Waals surface area contributed by atoms with Gasteiger partial charge in [0.05, 0.1) is 6.54 Å². The van der Waals surface area contributed by atoms with Gasteiger partial charge < -0.3 is 10.6 Å². The van der Waals surface area contributed by atoms with Gasteiger partial charge in [-0.15, -0.1) is 0 Å². The van der Waals surface area contributed by atoms with E-state index in [9.17, 15) is 4.79 Å². The summed E-state index contributed by atoms with van der Waals surface area (Å²) in [5.74, 6) is 0.655. The largest absolute Gasteiger partial charge is 0.352 e. The van der Waals surface area contributed by atoms with Crippen molar-refractivity contribution < 1.29 is 4.79 Å². The van der Waals surface area contributed by atoms with E-state index < -0.39 is 0 Å². The Bertz CT molecular complexity index is 306. The molecular weight excluding hydrogens is 262 g/mol. The van der Waals surface area contributed by atoms with Crippen molar-refractivity contribution in [1.29, 1.82) is 0 Å². The Labute approximate surface area is 131 Å². The average Bonchev–Trinajstić information content (AvgIpc) is 2.45. The fraction of sp³-hybridized carbons (Fsp3) is 0.941. The molecule has 0 aliphatic carbocycles. The first kappa shape index (κ1) is 18.4. The fourth-order valence-electron chi connectivity index (χ4n) is 2.94. The minimum atomic E-state index is 0.172. The van der Waals surface area contributed by atoms with Crippen molar-refractivity contribution in [3.63, 3.8) is 0 Å². The maximum atomic E-state index is 12.2. The predicted octanol–water partition coefficient (Wildman–Crippen LogP) is 2.39. The van der Waals surface area contributed by atoms with E-state index in [1.807, 2.05) is 0 Å². The van der Waals surface area contributed by atoms with Gasteiger partial charge in [-0.1, -0.05) is 27.2 Å². The average molecular weight is 297 g/mol. The molecule has 2 N–H and O–H groups in total. The number of rotatable bonds is 8. The SMILES string of the molecule is CCCNC(C)C1CCCCN1CC(=O)NC(C)C(C)C. The summed E-state index contributed by atoms with van der Waals surface area (Å²) in [5, 5.41) is 6.72. The van der Waals surface area contributed by atoms with Crippen molar-refractivity contribution in [3.8, 4) is 0 Å². The lowest BCUT2D eigenvalue weighted by Crippen LogP contribution is -2.54. The molecule has 1 fully saturated rings. The van der Waals surface area contributed by atoms with Crippen molar-refractivity contribution >= 4 is 5.91 Å². The van der Waals surface area contributed by atoms with Crippen LogP contribution in [-0.2, 0) is 4.79 Å². The maximum Gasteiger partial charge on any atom is 0.234 e. The van der Waals surface area contributed by atoms with Crippen LogP contribution in [0, 0.1) is 5.92 Å². The Morgan fingerprint density at radius 1 is 1.24 bits per heavy atom. The maximum absolute atomic E-state index is 12.2. The number of nitrogens with zero attached hydrogens (tertiary/aromatic N) is 1. The molecule has 0 saturated carbocycles. The number of piperidine rings is 1. The molecule has 21 heavy (non-hydrogen) atoms. The standard InChI is InChI=1S/C17H35N3O/c1-6-10-18-15(5)16-9-7-8-11-20(16)12-17(21)19-14(4)13(2)3/h13-16,18H,6-12H2,1-5H3,(H,19,21). The molecule has 4 nitrogen and oxygen atoms in total. The number of amides is 1. The van der Waals surface area contributed by atoms with Crippen molar-refractivity contribution in [3.05, 3.63) is 0 Å². The summed E-state index contributed by atoms with van der Waals surface area (Å²) in [4.78, 5) is 14.6. The molecule has 1 saturated heterocycles. The molecule has 1 amide bonds. The van der Waals surface area contributed by atoms with Crippen LogP contribution in [0.25, 0.3) is 0 Å². The predicted molar refractivity (Wildman–Crippen MR) is 89.4 cm³/mol. The van der Waals surface area contributed by atoms with Crippen LogP contribution < -0.4 is 10.6 Å². The highest BCUT2D eigenvalue weighted by molar-refractivity contribution is 5.78. The zero-order valence-electron chi connectivity index (χ0n) is 14.6. The van der Waals surface area contributed by atoms with E-state index in [2.05, 4.69) is 50.2 Å². The zero-order valence-corrected chi connectivity index (χ0v) is 14.6. The number of hydrogen-bond donors (Lipinski definition) is 2. The zero-order chi connectivity index (χ0) is 15.8. The molecule has 0 aromatic heterocycles. The summed E-state index contributed by atoms with van der Waals surface area (Å²) in [5.41, 5.74) is 0. The van der Waals surface area contributed by atoms with Crippen LogP contribution in [-0.4, -0.2) is 48.6 Å². The molecule has 0 spiro atoms. The molecule has 1 aliphatic rings. The number of hydrogen-bond acceptors (Lipinski definition) is 3. The van der Waals surface area contributed by atoms with Crippen LogP contribution in [0.1, 0.15) is 60.3 Å². The van der Waals surface area contributed by atoms with Gasteiger partial charge in [-0.3, -0.25) is 9.69 Å². The highest BCUT2D eigenvalue weighted by atomic mass is 16.2. The van der Waals surface area contributed by atoms with Crippen LogP contribution in [0.4, 0.5) is 0 Å². The molecule has 1 aliphatic heterocycles. The van der Waals surface area contributed by atoms with E-state index in [4.69, 9.17) is 0 Å². The number of carbonyl (C=O) groups excluding carboxylic acids is 1. The molecule has 1 heterocycles. The molecule has 4 heteroatoms. The summed E-state index contributed by atoms with van der Waals surface area (Å²) < 4.78 is 0. The van der Waals surface area contributed by atoms with Crippen LogP contribution in [0.5, 0.6) is 0 Å². The smallest absolute Gasteiger partial charge is 0.234 e. The lowest BCUT2D eigenvalue weighted by Gasteiger charge is -2.39. The molecule has 0 bridgehead atoms. The molecular formula is C17H35N3O. The van der Waals surface area contributed by atoms with Gasteiger partial charge in [-0.2, -0.15) is 0 Å². The molecule has 3 unspecified atom stereocenters. The Morgan fingerprint density at radius 2 is 1.95 bits per heavy atom. The quantitative estimate of drug-likeness (QED) is 0.723. The van der Waals surface area contributed by atoms with E-state index in [1.54, 1.807) is 0 Å². The van der Waals surface area contributed by atoms with Gasteiger partial charge in [0.1, 0.15) is 0 Å². The van der Waals surface area contributed by atoms with E-state index in [-0.39, 0.29) is 11.9 Å². The van der Waals surface area contributed by atoms with E-state index >= 15 is 0 Å². The molecule has 0 radical (unpaired) electrons. The Hall–Kier alpha value is -0.610. The van der Waals surface area contributed by atoms with Gasteiger partial charge in [0, 0.05) is 18.1 Å². The second-order valence-corrected chi connectivity index (χ2v) is 6.88.